The first-order valence-electron chi connectivity index (χ1n) is 12.1. The predicted octanol–water partition coefficient (Wildman–Crippen LogP) is 4.57. The summed E-state index contributed by atoms with van der Waals surface area (Å²) in [6.45, 7) is -0.493. The van der Waals surface area contributed by atoms with Crippen LogP contribution in [0, 0.1) is 17.0 Å². The molecule has 0 aliphatic heterocycles. The van der Waals surface area contributed by atoms with Gasteiger partial charge in [0.25, 0.3) is 5.92 Å². The number of ether oxygens (including phenoxy) is 1. The number of nitrogens with zero attached hydrogens (tertiary/aromatic N) is 5. The lowest BCUT2D eigenvalue weighted by atomic mass is 9.30. The molecule has 3 saturated carbocycles. The summed E-state index contributed by atoms with van der Waals surface area (Å²) in [6, 6.07) is 15.1. The van der Waals surface area contributed by atoms with Crippen LogP contribution in [0.25, 0.3) is 0 Å². The summed E-state index contributed by atoms with van der Waals surface area (Å²) >= 11 is 0. The molecule has 7 rings (SSSR count). The Hall–Kier alpha value is -3.86. The quantitative estimate of drug-likeness (QED) is 0.322. The molecule has 0 saturated heterocycles. The van der Waals surface area contributed by atoms with Crippen molar-refractivity contribution in [2.24, 2.45) is 5.41 Å². The van der Waals surface area contributed by atoms with Crippen LogP contribution in [0.1, 0.15) is 36.1 Å². The van der Waals surface area contributed by atoms with Gasteiger partial charge in [0.2, 0.25) is 0 Å². The van der Waals surface area contributed by atoms with E-state index in [1.807, 2.05) is 30.3 Å². The van der Waals surface area contributed by atoms with Crippen LogP contribution in [0.4, 0.5) is 17.6 Å². The first-order chi connectivity index (χ1) is 18.2. The van der Waals surface area contributed by atoms with Gasteiger partial charge in [-0.05, 0) is 77.1 Å². The summed E-state index contributed by atoms with van der Waals surface area (Å²) in [7, 11) is 0. The van der Waals surface area contributed by atoms with Crippen molar-refractivity contribution in [3.8, 4) is 5.75 Å². The summed E-state index contributed by atoms with van der Waals surface area (Å²) in [6.07, 6.45) is 3.08. The number of hydrogen-bond acceptors (Lipinski definition) is 6. The molecule has 3 aliphatic rings. The van der Waals surface area contributed by atoms with Crippen molar-refractivity contribution in [1.29, 1.82) is 0 Å². The van der Waals surface area contributed by atoms with Crippen LogP contribution in [-0.2, 0) is 24.2 Å². The molecule has 0 spiro atoms. The predicted molar refractivity (Wildman–Crippen MR) is 126 cm³/mol. The zero-order valence-corrected chi connectivity index (χ0v) is 20.1. The zero-order valence-electron chi connectivity index (χ0n) is 20.1. The number of tetrazole rings is 1. The van der Waals surface area contributed by atoms with Gasteiger partial charge in [-0.2, -0.15) is 0 Å². The van der Waals surface area contributed by atoms with Crippen LogP contribution in [0.3, 0.4) is 0 Å². The Morgan fingerprint density at radius 1 is 1.00 bits per heavy atom. The number of rotatable bonds is 9. The number of aliphatic hydroxyl groups is 1. The fourth-order valence-electron chi connectivity index (χ4n) is 6.08. The topological polar surface area (TPSA) is 86.0 Å². The monoisotopic (exact) mass is 525 g/mol. The Kier molecular flexibility index (Phi) is 5.53. The van der Waals surface area contributed by atoms with E-state index in [1.54, 1.807) is 18.3 Å². The Bertz CT molecular complexity index is 1430. The van der Waals surface area contributed by atoms with Gasteiger partial charge in [0, 0.05) is 23.2 Å². The molecular weight excluding hydrogens is 502 g/mol. The Morgan fingerprint density at radius 3 is 2.39 bits per heavy atom. The van der Waals surface area contributed by atoms with E-state index in [4.69, 9.17) is 4.74 Å². The van der Waals surface area contributed by atoms with Crippen molar-refractivity contribution in [3.05, 3.63) is 102 Å². The maximum Gasteiger partial charge on any atom is 0.287 e. The molecule has 38 heavy (non-hydrogen) atoms. The van der Waals surface area contributed by atoms with Crippen molar-refractivity contribution in [3.63, 3.8) is 0 Å². The largest absolute Gasteiger partial charge is 0.487 e. The van der Waals surface area contributed by atoms with Crippen LogP contribution in [-0.4, -0.2) is 36.2 Å². The molecule has 1 N–H and O–H groups in total. The highest BCUT2D eigenvalue weighted by atomic mass is 19.3. The van der Waals surface area contributed by atoms with Crippen LogP contribution in [0.15, 0.2) is 73.2 Å². The Morgan fingerprint density at radius 2 is 1.76 bits per heavy atom. The van der Waals surface area contributed by atoms with Crippen molar-refractivity contribution in [1.82, 2.24) is 25.2 Å². The normalized spacial score (nSPS) is 23.7. The van der Waals surface area contributed by atoms with E-state index in [0.29, 0.717) is 18.4 Å². The van der Waals surface area contributed by atoms with Crippen molar-refractivity contribution < 1.29 is 27.4 Å². The molecule has 2 heterocycles. The number of halogens is 4. The van der Waals surface area contributed by atoms with E-state index in [0.717, 1.165) is 34.4 Å². The van der Waals surface area contributed by atoms with Crippen LogP contribution in [0.5, 0.6) is 5.75 Å². The molecule has 1 atom stereocenters. The van der Waals surface area contributed by atoms with Crippen LogP contribution in [0.2, 0.25) is 0 Å². The lowest BCUT2D eigenvalue weighted by Crippen LogP contribution is -2.76. The summed E-state index contributed by atoms with van der Waals surface area (Å²) in [5.74, 6) is -5.33. The summed E-state index contributed by atoms with van der Waals surface area (Å²) in [4.78, 5) is 4.21. The van der Waals surface area contributed by atoms with Gasteiger partial charge in [-0.1, -0.05) is 18.2 Å². The Labute approximate surface area is 215 Å². The molecule has 3 aliphatic carbocycles. The first-order valence-corrected chi connectivity index (χ1v) is 12.1. The third kappa shape index (κ3) is 3.67. The minimum absolute atomic E-state index is 0.113. The maximum atomic E-state index is 16.3. The lowest BCUT2D eigenvalue weighted by Gasteiger charge is -2.74. The van der Waals surface area contributed by atoms with Gasteiger partial charge in [0.15, 0.2) is 5.60 Å². The van der Waals surface area contributed by atoms with E-state index < -0.39 is 46.1 Å². The molecule has 4 aromatic rings. The van der Waals surface area contributed by atoms with Gasteiger partial charge in [0.1, 0.15) is 30.3 Å². The molecule has 11 heteroatoms. The summed E-state index contributed by atoms with van der Waals surface area (Å²) < 4.78 is 67.6. The summed E-state index contributed by atoms with van der Waals surface area (Å²) in [5, 5.41) is 21.9. The molecule has 196 valence electrons. The molecule has 0 amide bonds. The molecule has 3 fully saturated rings. The zero-order chi connectivity index (χ0) is 26.6. The highest BCUT2D eigenvalue weighted by molar-refractivity contribution is 5.44. The fourth-order valence-corrected chi connectivity index (χ4v) is 6.08. The number of aromatic nitrogens is 5. The lowest BCUT2D eigenvalue weighted by molar-refractivity contribution is -0.347. The highest BCUT2D eigenvalue weighted by Crippen LogP contribution is 2.80. The fraction of sp³-hybridized carbons (Fsp3) is 0.333. The van der Waals surface area contributed by atoms with Gasteiger partial charge >= 0.3 is 0 Å². The molecule has 2 aromatic carbocycles. The third-order valence-electron chi connectivity index (χ3n) is 7.95. The number of hydrogen-bond donors (Lipinski definition) is 1. The second-order valence-corrected chi connectivity index (χ2v) is 10.3. The minimum atomic E-state index is -3.77. The molecule has 1 unspecified atom stereocenters. The van der Waals surface area contributed by atoms with E-state index in [2.05, 4.69) is 20.5 Å². The molecule has 7 nitrogen and oxygen atoms in total. The SMILES string of the molecule is OC(Cn1cnnn1)(c1ccc(F)cc1F)C(F)(F)C12CC(c3ccc(OCc4ccccn4)cc3)(C1)C2. The van der Waals surface area contributed by atoms with E-state index in [9.17, 15) is 13.9 Å². The number of benzene rings is 2. The highest BCUT2D eigenvalue weighted by Gasteiger charge is 2.82. The van der Waals surface area contributed by atoms with Gasteiger partial charge in [-0.3, -0.25) is 4.98 Å². The van der Waals surface area contributed by atoms with Gasteiger partial charge in [-0.15, -0.1) is 5.10 Å². The number of alkyl halides is 2. The van der Waals surface area contributed by atoms with E-state index in [-0.39, 0.29) is 19.3 Å². The van der Waals surface area contributed by atoms with Gasteiger partial charge in [0.05, 0.1) is 12.2 Å². The van der Waals surface area contributed by atoms with Gasteiger partial charge < -0.3 is 9.84 Å². The van der Waals surface area contributed by atoms with Crippen molar-refractivity contribution in [2.75, 3.05) is 0 Å². The second-order valence-electron chi connectivity index (χ2n) is 10.3. The Balaban J connectivity index is 1.22. The van der Waals surface area contributed by atoms with Crippen LogP contribution >= 0.6 is 0 Å². The molecule has 0 radical (unpaired) electrons. The summed E-state index contributed by atoms with van der Waals surface area (Å²) in [5.41, 5.74) is -4.03. The smallest absolute Gasteiger partial charge is 0.287 e. The minimum Gasteiger partial charge on any atom is -0.487 e. The molecular formula is C27H23F4N5O2. The van der Waals surface area contributed by atoms with Gasteiger partial charge in [-0.25, -0.2) is 22.2 Å². The van der Waals surface area contributed by atoms with E-state index in [1.165, 1.54) is 0 Å². The molecule has 2 bridgehead atoms. The van der Waals surface area contributed by atoms with Crippen molar-refractivity contribution in [2.45, 2.75) is 49.4 Å². The molecule has 2 aromatic heterocycles. The average Bonchev–Trinajstić information content (AvgIpc) is 3.35. The third-order valence-corrected chi connectivity index (χ3v) is 7.95. The van der Waals surface area contributed by atoms with Crippen molar-refractivity contribution >= 4 is 0 Å². The second kappa shape index (κ2) is 8.59. The average molecular weight is 526 g/mol. The van der Waals surface area contributed by atoms with E-state index >= 15 is 8.78 Å². The standard InChI is InChI=1S/C27H23F4N5O2/c28-19-6-9-22(23(29)11-19)26(37,16-36-17-33-34-35-36)27(30,31)25-13-24(14-25,15-25)18-4-7-21(8-5-18)38-12-20-3-1-2-10-32-20/h1-11,17,37H,12-16H2. The maximum absolute atomic E-state index is 16.3. The number of pyridine rings is 1. The first kappa shape index (κ1) is 24.5. The van der Waals surface area contributed by atoms with Crippen LogP contribution < -0.4 is 4.74 Å².